The number of aliphatic hydroxyl groups excluding tert-OH is 1. The maximum atomic E-state index is 8.77. The fourth-order valence-corrected chi connectivity index (χ4v) is 2.85. The first-order valence-electron chi connectivity index (χ1n) is 7.14. The van der Waals surface area contributed by atoms with Crippen molar-refractivity contribution in [1.29, 1.82) is 0 Å². The van der Waals surface area contributed by atoms with E-state index in [1.54, 1.807) is 0 Å². The second-order valence-electron chi connectivity index (χ2n) is 5.28. The van der Waals surface area contributed by atoms with Crippen LogP contribution in [0.4, 0.5) is 5.69 Å². The van der Waals surface area contributed by atoms with Crippen LogP contribution in [-0.4, -0.2) is 37.5 Å². The van der Waals surface area contributed by atoms with E-state index in [9.17, 15) is 0 Å². The average Bonchev–Trinajstić information content (AvgIpc) is 2.45. The zero-order valence-electron chi connectivity index (χ0n) is 11.9. The maximum absolute atomic E-state index is 8.77. The highest BCUT2D eigenvalue weighted by Gasteiger charge is 2.21. The lowest BCUT2D eigenvalue weighted by atomic mass is 10.0. The molecule has 2 rings (SSSR count). The van der Waals surface area contributed by atoms with Crippen LogP contribution >= 0.6 is 11.6 Å². The second-order valence-corrected chi connectivity index (χ2v) is 5.69. The minimum Gasteiger partial charge on any atom is -0.394 e. The molecule has 0 saturated carbocycles. The number of aliphatic hydroxyl groups is 1. The molecule has 0 aliphatic carbocycles. The van der Waals surface area contributed by atoms with Crippen molar-refractivity contribution in [1.82, 2.24) is 0 Å². The molecule has 20 heavy (non-hydrogen) atoms. The van der Waals surface area contributed by atoms with E-state index in [0.29, 0.717) is 6.61 Å². The van der Waals surface area contributed by atoms with E-state index in [1.807, 2.05) is 19.1 Å². The zero-order chi connectivity index (χ0) is 14.5. The van der Waals surface area contributed by atoms with Crippen molar-refractivity contribution in [3.05, 3.63) is 28.8 Å². The average molecular weight is 299 g/mol. The van der Waals surface area contributed by atoms with Crippen LogP contribution in [0.5, 0.6) is 0 Å². The molecule has 1 saturated heterocycles. The third-order valence-corrected chi connectivity index (χ3v) is 4.03. The van der Waals surface area contributed by atoms with E-state index >= 15 is 0 Å². The number of hydrogen-bond acceptors (Lipinski definition) is 4. The van der Waals surface area contributed by atoms with Crippen LogP contribution in [0.15, 0.2) is 18.2 Å². The SMILES string of the molecule is C[C@@H](N)c1ccc(N2CCC(OCCO)CC2)c(Cl)c1. The van der Waals surface area contributed by atoms with Crippen LogP contribution in [0, 0.1) is 0 Å². The summed E-state index contributed by atoms with van der Waals surface area (Å²) < 4.78 is 5.57. The molecule has 1 aliphatic heterocycles. The van der Waals surface area contributed by atoms with Crippen LogP contribution in [0.3, 0.4) is 0 Å². The molecule has 1 heterocycles. The third kappa shape index (κ3) is 3.85. The molecule has 0 amide bonds. The smallest absolute Gasteiger partial charge is 0.0701 e. The number of rotatable bonds is 5. The highest BCUT2D eigenvalue weighted by molar-refractivity contribution is 6.33. The topological polar surface area (TPSA) is 58.7 Å². The first kappa shape index (κ1) is 15.6. The monoisotopic (exact) mass is 298 g/mol. The van der Waals surface area contributed by atoms with Crippen LogP contribution < -0.4 is 10.6 Å². The van der Waals surface area contributed by atoms with Gasteiger partial charge in [-0.1, -0.05) is 17.7 Å². The Morgan fingerprint density at radius 3 is 2.70 bits per heavy atom. The number of nitrogens with zero attached hydrogens (tertiary/aromatic N) is 1. The molecular weight excluding hydrogens is 276 g/mol. The lowest BCUT2D eigenvalue weighted by molar-refractivity contribution is 0.0159. The number of nitrogens with two attached hydrogens (primary N) is 1. The van der Waals surface area contributed by atoms with Crippen molar-refractivity contribution in [3.63, 3.8) is 0 Å². The van der Waals surface area contributed by atoms with E-state index in [4.69, 9.17) is 27.2 Å². The molecule has 3 N–H and O–H groups in total. The molecule has 0 bridgehead atoms. The summed E-state index contributed by atoms with van der Waals surface area (Å²) in [4.78, 5) is 2.28. The first-order chi connectivity index (χ1) is 9.61. The van der Waals surface area contributed by atoms with E-state index in [-0.39, 0.29) is 18.8 Å². The fourth-order valence-electron chi connectivity index (χ4n) is 2.55. The number of ether oxygens (including phenoxy) is 1. The summed E-state index contributed by atoms with van der Waals surface area (Å²) in [5.74, 6) is 0. The number of benzene rings is 1. The number of piperidine rings is 1. The Morgan fingerprint density at radius 2 is 2.15 bits per heavy atom. The van der Waals surface area contributed by atoms with Gasteiger partial charge < -0.3 is 20.5 Å². The molecule has 0 spiro atoms. The highest BCUT2D eigenvalue weighted by atomic mass is 35.5. The molecular formula is C15H23ClN2O2. The summed E-state index contributed by atoms with van der Waals surface area (Å²) in [5, 5.41) is 9.53. The maximum Gasteiger partial charge on any atom is 0.0701 e. The van der Waals surface area contributed by atoms with Crippen LogP contribution in [0.2, 0.25) is 5.02 Å². The largest absolute Gasteiger partial charge is 0.394 e. The van der Waals surface area contributed by atoms with Crippen molar-refractivity contribution in [3.8, 4) is 0 Å². The Labute approximate surface area is 125 Å². The fraction of sp³-hybridized carbons (Fsp3) is 0.600. The summed E-state index contributed by atoms with van der Waals surface area (Å²) in [6, 6.07) is 6.05. The summed E-state index contributed by atoms with van der Waals surface area (Å²) in [6.45, 7) is 4.31. The number of anilines is 1. The Bertz CT molecular complexity index is 432. The van der Waals surface area contributed by atoms with E-state index in [1.165, 1.54) is 0 Å². The van der Waals surface area contributed by atoms with Gasteiger partial charge in [-0.05, 0) is 37.5 Å². The lowest BCUT2D eigenvalue weighted by Gasteiger charge is -2.34. The minimum atomic E-state index is -0.000770. The predicted molar refractivity (Wildman–Crippen MR) is 82.3 cm³/mol. The van der Waals surface area contributed by atoms with Gasteiger partial charge in [0.2, 0.25) is 0 Å². The Balaban J connectivity index is 1.96. The van der Waals surface area contributed by atoms with Gasteiger partial charge in [0.15, 0.2) is 0 Å². The normalized spacial score (nSPS) is 18.3. The lowest BCUT2D eigenvalue weighted by Crippen LogP contribution is -2.37. The summed E-state index contributed by atoms with van der Waals surface area (Å²) in [7, 11) is 0. The van der Waals surface area contributed by atoms with Gasteiger partial charge in [-0.3, -0.25) is 0 Å². The molecule has 0 aromatic heterocycles. The molecule has 1 fully saturated rings. The van der Waals surface area contributed by atoms with Crippen molar-refractivity contribution in [2.45, 2.75) is 31.9 Å². The van der Waals surface area contributed by atoms with Crippen molar-refractivity contribution in [2.75, 3.05) is 31.2 Å². The molecule has 0 radical (unpaired) electrons. The van der Waals surface area contributed by atoms with Gasteiger partial charge in [0.1, 0.15) is 0 Å². The number of hydrogen-bond donors (Lipinski definition) is 2. The molecule has 1 atom stereocenters. The van der Waals surface area contributed by atoms with Gasteiger partial charge in [0.25, 0.3) is 0 Å². The van der Waals surface area contributed by atoms with Crippen molar-refractivity contribution in [2.24, 2.45) is 5.73 Å². The summed E-state index contributed by atoms with van der Waals surface area (Å²) in [5.41, 5.74) is 7.99. The molecule has 1 aromatic carbocycles. The molecule has 4 nitrogen and oxygen atoms in total. The predicted octanol–water partition coefficient (Wildman–Crippen LogP) is 2.34. The highest BCUT2D eigenvalue weighted by Crippen LogP contribution is 2.30. The molecule has 0 unspecified atom stereocenters. The van der Waals surface area contributed by atoms with Crippen LogP contribution in [0.1, 0.15) is 31.4 Å². The van der Waals surface area contributed by atoms with Gasteiger partial charge in [0, 0.05) is 19.1 Å². The first-order valence-corrected chi connectivity index (χ1v) is 7.52. The Morgan fingerprint density at radius 1 is 1.45 bits per heavy atom. The van der Waals surface area contributed by atoms with Gasteiger partial charge in [-0.25, -0.2) is 0 Å². The summed E-state index contributed by atoms with van der Waals surface area (Å²) >= 11 is 6.37. The molecule has 112 valence electrons. The van der Waals surface area contributed by atoms with Gasteiger partial charge in [-0.15, -0.1) is 0 Å². The van der Waals surface area contributed by atoms with E-state index in [0.717, 1.165) is 42.2 Å². The molecule has 1 aromatic rings. The standard InChI is InChI=1S/C15H23ClN2O2/c1-11(17)12-2-3-15(14(16)10-12)18-6-4-13(5-7-18)20-9-8-19/h2-3,10-11,13,19H,4-9,17H2,1H3/t11-/m1/s1. The summed E-state index contributed by atoms with van der Waals surface area (Å²) in [6.07, 6.45) is 2.18. The Hall–Kier alpha value is -0.810. The minimum absolute atomic E-state index is 0.000770. The van der Waals surface area contributed by atoms with Crippen molar-refractivity contribution >= 4 is 17.3 Å². The molecule has 1 aliphatic rings. The van der Waals surface area contributed by atoms with E-state index in [2.05, 4.69) is 11.0 Å². The Kier molecular flexibility index (Phi) is 5.66. The van der Waals surface area contributed by atoms with Gasteiger partial charge in [0.05, 0.1) is 30.0 Å². The van der Waals surface area contributed by atoms with Crippen molar-refractivity contribution < 1.29 is 9.84 Å². The molecule has 5 heteroatoms. The van der Waals surface area contributed by atoms with Crippen LogP contribution in [0.25, 0.3) is 0 Å². The second kappa shape index (κ2) is 7.27. The number of halogens is 1. The van der Waals surface area contributed by atoms with Crippen LogP contribution in [-0.2, 0) is 4.74 Å². The zero-order valence-corrected chi connectivity index (χ0v) is 12.6. The quantitative estimate of drug-likeness (QED) is 0.876. The van der Waals surface area contributed by atoms with Gasteiger partial charge in [-0.2, -0.15) is 0 Å². The van der Waals surface area contributed by atoms with E-state index < -0.39 is 0 Å². The third-order valence-electron chi connectivity index (χ3n) is 3.73. The van der Waals surface area contributed by atoms with Gasteiger partial charge >= 0.3 is 0 Å².